The molecule has 18 heavy (non-hydrogen) atoms. The zero-order chi connectivity index (χ0) is 13.0. The third-order valence-electron chi connectivity index (χ3n) is 3.56. The predicted octanol–water partition coefficient (Wildman–Crippen LogP) is 0.978. The molecule has 2 rings (SSSR count). The van der Waals surface area contributed by atoms with Gasteiger partial charge in [-0.2, -0.15) is 0 Å². The van der Waals surface area contributed by atoms with Gasteiger partial charge in [-0.3, -0.25) is 9.88 Å². The summed E-state index contributed by atoms with van der Waals surface area (Å²) >= 11 is 0. The van der Waals surface area contributed by atoms with Crippen molar-refractivity contribution in [2.45, 2.75) is 19.0 Å². The van der Waals surface area contributed by atoms with Crippen LogP contribution in [0.3, 0.4) is 0 Å². The van der Waals surface area contributed by atoms with E-state index < -0.39 is 0 Å². The topological polar surface area (TPSA) is 31.4 Å². The zero-order valence-electron chi connectivity index (χ0n) is 11.6. The van der Waals surface area contributed by atoms with E-state index in [-0.39, 0.29) is 0 Å². The van der Waals surface area contributed by atoms with E-state index in [0.717, 1.165) is 26.2 Å². The summed E-state index contributed by atoms with van der Waals surface area (Å²) in [6.45, 7) is 6.59. The van der Waals surface area contributed by atoms with Gasteiger partial charge in [-0.25, -0.2) is 0 Å². The fraction of sp³-hybridized carbons (Fsp3) is 0.643. The van der Waals surface area contributed by atoms with Gasteiger partial charge in [-0.05, 0) is 32.6 Å². The smallest absolute Gasteiger partial charge is 0.0494 e. The van der Waals surface area contributed by atoms with Gasteiger partial charge < -0.3 is 10.2 Å². The molecule has 2 unspecified atom stereocenters. The van der Waals surface area contributed by atoms with Crippen molar-refractivity contribution in [3.63, 3.8) is 0 Å². The van der Waals surface area contributed by atoms with Crippen LogP contribution in [0.4, 0.5) is 0 Å². The van der Waals surface area contributed by atoms with Crippen molar-refractivity contribution < 1.29 is 0 Å². The Bertz CT molecular complexity index is 352. The van der Waals surface area contributed by atoms with Crippen LogP contribution in [0.5, 0.6) is 0 Å². The molecule has 1 N–H and O–H groups in total. The fourth-order valence-corrected chi connectivity index (χ4v) is 2.64. The molecule has 2 atom stereocenters. The van der Waals surface area contributed by atoms with Crippen molar-refractivity contribution in [3.05, 3.63) is 30.1 Å². The van der Waals surface area contributed by atoms with Crippen LogP contribution < -0.4 is 5.32 Å². The monoisotopic (exact) mass is 248 g/mol. The number of hydrogen-bond donors (Lipinski definition) is 1. The highest BCUT2D eigenvalue weighted by atomic mass is 15.3. The highest BCUT2D eigenvalue weighted by molar-refractivity contribution is 5.15. The second kappa shape index (κ2) is 6.27. The van der Waals surface area contributed by atoms with Crippen molar-refractivity contribution in [2.24, 2.45) is 0 Å². The molecule has 4 heteroatoms. The number of rotatable bonds is 4. The van der Waals surface area contributed by atoms with Gasteiger partial charge in [0.15, 0.2) is 0 Å². The highest BCUT2D eigenvalue weighted by Crippen LogP contribution is 2.23. The molecule has 0 radical (unpaired) electrons. The SMILES string of the molecule is CC1CNCCN1C(CN(C)C)c1cccnc1. The van der Waals surface area contributed by atoms with E-state index in [0.29, 0.717) is 12.1 Å². The average Bonchev–Trinajstić information content (AvgIpc) is 2.38. The Hall–Kier alpha value is -0.970. The minimum atomic E-state index is 0.436. The van der Waals surface area contributed by atoms with E-state index in [1.165, 1.54) is 5.56 Å². The number of nitrogens with one attached hydrogen (secondary N) is 1. The van der Waals surface area contributed by atoms with E-state index in [4.69, 9.17) is 0 Å². The molecule has 0 bridgehead atoms. The van der Waals surface area contributed by atoms with Gasteiger partial charge in [0.05, 0.1) is 0 Å². The lowest BCUT2D eigenvalue weighted by atomic mass is 10.0. The number of nitrogens with zero attached hydrogens (tertiary/aromatic N) is 3. The molecule has 0 amide bonds. The first-order chi connectivity index (χ1) is 8.68. The minimum Gasteiger partial charge on any atom is -0.314 e. The first-order valence-corrected chi connectivity index (χ1v) is 6.69. The first-order valence-electron chi connectivity index (χ1n) is 6.69. The molecular formula is C14H24N4. The summed E-state index contributed by atoms with van der Waals surface area (Å²) in [5, 5.41) is 3.45. The summed E-state index contributed by atoms with van der Waals surface area (Å²) in [5.74, 6) is 0. The Morgan fingerprint density at radius 3 is 3.00 bits per heavy atom. The predicted molar refractivity (Wildman–Crippen MR) is 74.6 cm³/mol. The molecule has 2 heterocycles. The van der Waals surface area contributed by atoms with Crippen molar-refractivity contribution in [1.82, 2.24) is 20.1 Å². The molecule has 1 fully saturated rings. The Labute approximate surface area is 110 Å². The zero-order valence-corrected chi connectivity index (χ0v) is 11.6. The quantitative estimate of drug-likeness (QED) is 0.860. The van der Waals surface area contributed by atoms with E-state index in [2.05, 4.69) is 47.2 Å². The first kappa shape index (κ1) is 13.5. The largest absolute Gasteiger partial charge is 0.314 e. The third kappa shape index (κ3) is 3.28. The summed E-state index contributed by atoms with van der Waals surface area (Å²) in [6, 6.07) is 5.23. The Kier molecular flexibility index (Phi) is 4.69. The molecule has 1 aromatic heterocycles. The summed E-state index contributed by atoms with van der Waals surface area (Å²) in [6.07, 6.45) is 3.85. The fourth-order valence-electron chi connectivity index (χ4n) is 2.64. The Morgan fingerprint density at radius 1 is 1.56 bits per heavy atom. The van der Waals surface area contributed by atoms with Crippen LogP contribution >= 0.6 is 0 Å². The molecule has 4 nitrogen and oxygen atoms in total. The van der Waals surface area contributed by atoms with Gasteiger partial charge in [0.1, 0.15) is 0 Å². The van der Waals surface area contributed by atoms with Crippen LogP contribution in [-0.4, -0.2) is 61.1 Å². The minimum absolute atomic E-state index is 0.436. The Morgan fingerprint density at radius 2 is 2.39 bits per heavy atom. The number of piperazine rings is 1. The molecule has 0 aromatic carbocycles. The number of pyridine rings is 1. The highest BCUT2D eigenvalue weighted by Gasteiger charge is 2.27. The maximum atomic E-state index is 4.27. The Balaban J connectivity index is 2.19. The maximum absolute atomic E-state index is 4.27. The molecule has 1 aliphatic heterocycles. The van der Waals surface area contributed by atoms with Gasteiger partial charge in [-0.15, -0.1) is 0 Å². The molecule has 1 saturated heterocycles. The van der Waals surface area contributed by atoms with Crippen molar-refractivity contribution >= 4 is 0 Å². The van der Waals surface area contributed by atoms with Crippen LogP contribution in [0.15, 0.2) is 24.5 Å². The number of hydrogen-bond acceptors (Lipinski definition) is 4. The second-order valence-electron chi connectivity index (χ2n) is 5.36. The van der Waals surface area contributed by atoms with Crippen molar-refractivity contribution in [1.29, 1.82) is 0 Å². The summed E-state index contributed by atoms with van der Waals surface area (Å²) < 4.78 is 0. The lowest BCUT2D eigenvalue weighted by molar-refractivity contribution is 0.0966. The number of likely N-dealkylation sites (N-methyl/N-ethyl adjacent to an activating group) is 1. The van der Waals surface area contributed by atoms with Crippen molar-refractivity contribution in [3.8, 4) is 0 Å². The molecule has 100 valence electrons. The van der Waals surface area contributed by atoms with Crippen LogP contribution in [0.2, 0.25) is 0 Å². The van der Waals surface area contributed by atoms with E-state index >= 15 is 0 Å². The molecule has 0 spiro atoms. The second-order valence-corrected chi connectivity index (χ2v) is 5.36. The third-order valence-corrected chi connectivity index (χ3v) is 3.56. The molecule has 0 saturated carbocycles. The molecular weight excluding hydrogens is 224 g/mol. The van der Waals surface area contributed by atoms with Crippen LogP contribution in [-0.2, 0) is 0 Å². The molecule has 0 aliphatic carbocycles. The maximum Gasteiger partial charge on any atom is 0.0494 e. The normalized spacial score (nSPS) is 23.2. The average molecular weight is 248 g/mol. The van der Waals surface area contributed by atoms with Crippen LogP contribution in [0.25, 0.3) is 0 Å². The summed E-state index contributed by atoms with van der Waals surface area (Å²) in [5.41, 5.74) is 1.32. The summed E-state index contributed by atoms with van der Waals surface area (Å²) in [7, 11) is 4.27. The van der Waals surface area contributed by atoms with Crippen LogP contribution in [0.1, 0.15) is 18.5 Å². The van der Waals surface area contributed by atoms with Crippen molar-refractivity contribution in [2.75, 3.05) is 40.3 Å². The van der Waals surface area contributed by atoms with Crippen LogP contribution in [0, 0.1) is 0 Å². The number of aromatic nitrogens is 1. The van der Waals surface area contributed by atoms with Gasteiger partial charge in [0.25, 0.3) is 0 Å². The van der Waals surface area contributed by atoms with E-state index in [1.807, 2.05) is 18.5 Å². The lowest BCUT2D eigenvalue weighted by Crippen LogP contribution is -2.52. The van der Waals surface area contributed by atoms with E-state index in [9.17, 15) is 0 Å². The summed E-state index contributed by atoms with van der Waals surface area (Å²) in [4.78, 5) is 9.12. The van der Waals surface area contributed by atoms with E-state index in [1.54, 1.807) is 0 Å². The van der Waals surface area contributed by atoms with Gasteiger partial charge >= 0.3 is 0 Å². The lowest BCUT2D eigenvalue weighted by Gasteiger charge is -2.41. The molecule has 1 aliphatic rings. The van der Waals surface area contributed by atoms with Gasteiger partial charge in [0, 0.05) is 50.7 Å². The molecule has 1 aromatic rings. The van der Waals surface area contributed by atoms with Gasteiger partial charge in [-0.1, -0.05) is 6.07 Å². The standard InChI is InChI=1S/C14H24N4/c1-12-9-16-7-8-18(12)14(11-17(2)3)13-5-4-6-15-10-13/h4-6,10,12,14,16H,7-9,11H2,1-3H3. The van der Waals surface area contributed by atoms with Gasteiger partial charge in [0.2, 0.25) is 0 Å².